The molecule has 3 rings (SSSR count). The largest absolute Gasteiger partial charge is 0.493 e. The second kappa shape index (κ2) is 5.56. The average molecular weight is 404 g/mol. The highest BCUT2D eigenvalue weighted by atomic mass is 79.9. The second-order valence-corrected chi connectivity index (χ2v) is 8.22. The van der Waals surface area contributed by atoms with Gasteiger partial charge in [-0.3, -0.25) is 0 Å². The lowest BCUT2D eigenvalue weighted by Gasteiger charge is -2.22. The maximum absolute atomic E-state index is 10.6. The molecule has 1 aromatic heterocycles. The summed E-state index contributed by atoms with van der Waals surface area (Å²) in [7, 11) is 0. The number of rotatable bonds is 2. The molecule has 0 saturated carbocycles. The zero-order valence-corrected chi connectivity index (χ0v) is 14.0. The van der Waals surface area contributed by atoms with Gasteiger partial charge >= 0.3 is 0 Å². The smallest absolute Gasteiger partial charge is 0.128 e. The summed E-state index contributed by atoms with van der Waals surface area (Å²) in [5, 5.41) is 10.6. The summed E-state index contributed by atoms with van der Waals surface area (Å²) in [5.74, 6) is 0.857. The fourth-order valence-electron chi connectivity index (χ4n) is 2.34. The molecule has 2 aromatic rings. The molecule has 5 heteroatoms. The highest BCUT2D eigenvalue weighted by Gasteiger charge is 2.23. The summed E-state index contributed by atoms with van der Waals surface area (Å²) in [6, 6.07) is 7.94. The monoisotopic (exact) mass is 402 g/mol. The van der Waals surface area contributed by atoms with Crippen LogP contribution in [0.1, 0.15) is 29.2 Å². The van der Waals surface area contributed by atoms with E-state index in [2.05, 4.69) is 37.9 Å². The predicted octanol–water partition coefficient (Wildman–Crippen LogP) is 4.68. The van der Waals surface area contributed by atoms with Gasteiger partial charge in [0.05, 0.1) is 14.2 Å². The fourth-order valence-corrected chi connectivity index (χ4v) is 5.22. The standard InChI is InChI=1S/C14H12Br2O2S/c15-11-7-10(14(16)19-11)12(17)9-5-1-3-8-4-2-6-18-13(8)9/h1,3,5,7,12,17H,2,4,6H2. The molecule has 19 heavy (non-hydrogen) atoms. The van der Waals surface area contributed by atoms with Gasteiger partial charge in [0.15, 0.2) is 0 Å². The normalized spacial score (nSPS) is 15.7. The first-order valence-corrected chi connectivity index (χ1v) is 8.44. The Bertz CT molecular complexity index is 609. The summed E-state index contributed by atoms with van der Waals surface area (Å²) < 4.78 is 7.70. The Morgan fingerprint density at radius 2 is 2.11 bits per heavy atom. The van der Waals surface area contributed by atoms with Crippen LogP contribution in [0, 0.1) is 0 Å². The number of aliphatic hydroxyl groups excluding tert-OH is 1. The van der Waals surface area contributed by atoms with Crippen molar-refractivity contribution in [1.29, 1.82) is 0 Å². The van der Waals surface area contributed by atoms with Crippen molar-refractivity contribution in [3.8, 4) is 5.75 Å². The summed E-state index contributed by atoms with van der Waals surface area (Å²) >= 11 is 8.51. The van der Waals surface area contributed by atoms with Crippen molar-refractivity contribution in [3.05, 3.63) is 48.5 Å². The van der Waals surface area contributed by atoms with E-state index in [1.807, 2.05) is 18.2 Å². The molecule has 0 bridgehead atoms. The average Bonchev–Trinajstić information content (AvgIpc) is 2.76. The Kier molecular flexibility index (Phi) is 3.98. The molecular weight excluding hydrogens is 392 g/mol. The fraction of sp³-hybridized carbons (Fsp3) is 0.286. The van der Waals surface area contributed by atoms with E-state index < -0.39 is 6.10 Å². The first-order chi connectivity index (χ1) is 9.16. The number of hydrogen-bond acceptors (Lipinski definition) is 3. The maximum Gasteiger partial charge on any atom is 0.128 e. The number of aliphatic hydroxyl groups is 1. The summed E-state index contributed by atoms with van der Waals surface area (Å²) in [4.78, 5) is 0. The number of fused-ring (bicyclic) bond motifs is 1. The molecule has 100 valence electrons. The Labute approximate surface area is 132 Å². The van der Waals surface area contributed by atoms with Crippen LogP contribution in [0.3, 0.4) is 0 Å². The zero-order valence-electron chi connectivity index (χ0n) is 10.0. The molecule has 0 saturated heterocycles. The van der Waals surface area contributed by atoms with Gasteiger partial charge in [0, 0.05) is 11.1 Å². The van der Waals surface area contributed by atoms with E-state index in [0.717, 1.165) is 43.9 Å². The minimum absolute atomic E-state index is 0.662. The van der Waals surface area contributed by atoms with Crippen molar-refractivity contribution in [1.82, 2.24) is 0 Å². The first kappa shape index (κ1) is 13.6. The number of para-hydroxylation sites is 1. The van der Waals surface area contributed by atoms with Gasteiger partial charge in [-0.15, -0.1) is 11.3 Å². The maximum atomic E-state index is 10.6. The van der Waals surface area contributed by atoms with Crippen molar-refractivity contribution >= 4 is 43.2 Å². The van der Waals surface area contributed by atoms with Crippen molar-refractivity contribution < 1.29 is 9.84 Å². The molecule has 1 aliphatic heterocycles. The van der Waals surface area contributed by atoms with Crippen molar-refractivity contribution in [2.75, 3.05) is 6.61 Å². The lowest BCUT2D eigenvalue weighted by atomic mass is 9.97. The third-order valence-electron chi connectivity index (χ3n) is 3.24. The SMILES string of the molecule is OC(c1cc(Br)sc1Br)c1cccc2c1OCCC2. The van der Waals surface area contributed by atoms with Crippen LogP contribution in [0.25, 0.3) is 0 Å². The van der Waals surface area contributed by atoms with E-state index in [1.165, 1.54) is 5.56 Å². The Morgan fingerprint density at radius 3 is 2.84 bits per heavy atom. The number of thiophene rings is 1. The van der Waals surface area contributed by atoms with Gasteiger partial charge in [0.25, 0.3) is 0 Å². The van der Waals surface area contributed by atoms with E-state index in [9.17, 15) is 5.11 Å². The Balaban J connectivity index is 2.04. The number of aryl methyl sites for hydroxylation is 1. The van der Waals surface area contributed by atoms with Gasteiger partial charge in [-0.25, -0.2) is 0 Å². The Morgan fingerprint density at radius 1 is 1.26 bits per heavy atom. The highest BCUT2D eigenvalue weighted by Crippen LogP contribution is 2.41. The van der Waals surface area contributed by atoms with Crippen molar-refractivity contribution in [3.63, 3.8) is 0 Å². The molecule has 1 atom stereocenters. The van der Waals surface area contributed by atoms with Crippen LogP contribution < -0.4 is 4.74 Å². The Hall–Kier alpha value is -0.360. The van der Waals surface area contributed by atoms with Gasteiger partial charge in [-0.1, -0.05) is 18.2 Å². The second-order valence-electron chi connectivity index (χ2n) is 4.47. The molecule has 1 unspecified atom stereocenters. The van der Waals surface area contributed by atoms with Crippen molar-refractivity contribution in [2.24, 2.45) is 0 Å². The summed E-state index contributed by atoms with van der Waals surface area (Å²) in [6.07, 6.45) is 1.40. The van der Waals surface area contributed by atoms with Gasteiger partial charge in [-0.2, -0.15) is 0 Å². The van der Waals surface area contributed by atoms with E-state index in [4.69, 9.17) is 4.74 Å². The third-order valence-corrected chi connectivity index (χ3v) is 5.62. The molecular formula is C14H12Br2O2S. The third kappa shape index (κ3) is 2.61. The van der Waals surface area contributed by atoms with Crippen molar-refractivity contribution in [2.45, 2.75) is 18.9 Å². The van der Waals surface area contributed by atoms with Gasteiger partial charge in [0.1, 0.15) is 11.9 Å². The van der Waals surface area contributed by atoms with E-state index in [1.54, 1.807) is 11.3 Å². The van der Waals surface area contributed by atoms with Crippen LogP contribution in [0.4, 0.5) is 0 Å². The van der Waals surface area contributed by atoms with E-state index in [-0.39, 0.29) is 0 Å². The molecule has 2 heterocycles. The van der Waals surface area contributed by atoms with Gasteiger partial charge < -0.3 is 9.84 Å². The number of ether oxygens (including phenoxy) is 1. The molecule has 0 aliphatic carbocycles. The summed E-state index contributed by atoms with van der Waals surface area (Å²) in [6.45, 7) is 0.727. The number of hydrogen-bond donors (Lipinski definition) is 1. The number of halogens is 2. The number of benzene rings is 1. The van der Waals surface area contributed by atoms with E-state index in [0.29, 0.717) is 0 Å². The quantitative estimate of drug-likeness (QED) is 0.788. The van der Waals surface area contributed by atoms with E-state index >= 15 is 0 Å². The summed E-state index contributed by atoms with van der Waals surface area (Å²) in [5.41, 5.74) is 2.91. The molecule has 2 nitrogen and oxygen atoms in total. The molecule has 1 N–H and O–H groups in total. The highest BCUT2D eigenvalue weighted by molar-refractivity contribution is 9.12. The van der Waals surface area contributed by atoms with Crippen LogP contribution in [-0.4, -0.2) is 11.7 Å². The van der Waals surface area contributed by atoms with Crippen LogP contribution in [0.5, 0.6) is 5.75 Å². The lowest BCUT2D eigenvalue weighted by Crippen LogP contribution is -2.12. The molecule has 1 aromatic carbocycles. The van der Waals surface area contributed by atoms with Gasteiger partial charge in [-0.05, 0) is 56.3 Å². The van der Waals surface area contributed by atoms with Gasteiger partial charge in [0.2, 0.25) is 0 Å². The topological polar surface area (TPSA) is 29.5 Å². The predicted molar refractivity (Wildman–Crippen MR) is 84.0 cm³/mol. The molecule has 0 fully saturated rings. The van der Waals surface area contributed by atoms with Crippen LogP contribution in [0.2, 0.25) is 0 Å². The molecule has 0 radical (unpaired) electrons. The van der Waals surface area contributed by atoms with Crippen LogP contribution >= 0.6 is 43.2 Å². The lowest BCUT2D eigenvalue weighted by molar-refractivity contribution is 0.206. The van der Waals surface area contributed by atoms with Crippen LogP contribution in [0.15, 0.2) is 31.8 Å². The molecule has 0 spiro atoms. The zero-order chi connectivity index (χ0) is 13.4. The van der Waals surface area contributed by atoms with Crippen LogP contribution in [-0.2, 0) is 6.42 Å². The molecule has 0 amide bonds. The first-order valence-electron chi connectivity index (χ1n) is 6.04. The molecule has 1 aliphatic rings. The minimum Gasteiger partial charge on any atom is -0.493 e. The minimum atomic E-state index is -0.662.